The average molecular weight is 417 g/mol. The molecule has 0 heterocycles. The summed E-state index contributed by atoms with van der Waals surface area (Å²) in [6.07, 6.45) is 10.4. The number of alkyl halides is 2. The summed E-state index contributed by atoms with van der Waals surface area (Å²) in [7, 11) is 0. The minimum atomic E-state index is -2.88. The summed E-state index contributed by atoms with van der Waals surface area (Å²) in [5.41, 5.74) is 1.76. The number of carbonyl (C=O) groups is 1. The summed E-state index contributed by atoms with van der Waals surface area (Å²) in [5.74, 6) is 1.28. The Morgan fingerprint density at radius 1 is 0.933 bits per heavy atom. The third-order valence-corrected chi connectivity index (χ3v) is 5.94. The van der Waals surface area contributed by atoms with Gasteiger partial charge in [0.1, 0.15) is 11.5 Å². The van der Waals surface area contributed by atoms with Crippen molar-refractivity contribution in [1.82, 2.24) is 0 Å². The molecule has 0 bridgehead atoms. The van der Waals surface area contributed by atoms with Crippen molar-refractivity contribution in [2.45, 2.75) is 70.8 Å². The zero-order chi connectivity index (χ0) is 21.3. The fourth-order valence-electron chi connectivity index (χ4n) is 4.21. The smallest absolute Gasteiger partial charge is 0.387 e. The standard InChI is InChI=1S/C25H30F2O3/c1-2-3-4-5-18-6-8-19(9-7-18)20-10-12-21(13-11-20)24(28)29-22-14-16-23(17-15-22)30-25(26)27/h10-19,25H,2-9H2,1H3. The number of halogens is 2. The molecular weight excluding hydrogens is 386 g/mol. The number of carbonyl (C=O) groups excluding carboxylic acids is 1. The van der Waals surface area contributed by atoms with Crippen molar-refractivity contribution in [2.75, 3.05) is 0 Å². The van der Waals surface area contributed by atoms with Gasteiger partial charge < -0.3 is 9.47 Å². The highest BCUT2D eigenvalue weighted by atomic mass is 19.3. The predicted octanol–water partition coefficient (Wildman–Crippen LogP) is 7.36. The molecule has 0 N–H and O–H groups in total. The Labute approximate surface area is 177 Å². The first-order valence-electron chi connectivity index (χ1n) is 10.9. The molecule has 0 atom stereocenters. The SMILES string of the molecule is CCCCCC1CCC(c2ccc(C(=O)Oc3ccc(OC(F)F)cc3)cc2)CC1. The van der Waals surface area contributed by atoms with E-state index in [1.165, 1.54) is 81.2 Å². The third kappa shape index (κ3) is 6.54. The van der Waals surface area contributed by atoms with Crippen molar-refractivity contribution in [3.63, 3.8) is 0 Å². The largest absolute Gasteiger partial charge is 0.435 e. The second-order valence-electron chi connectivity index (χ2n) is 8.07. The molecule has 30 heavy (non-hydrogen) atoms. The van der Waals surface area contributed by atoms with Crippen molar-refractivity contribution in [2.24, 2.45) is 5.92 Å². The lowest BCUT2D eigenvalue weighted by molar-refractivity contribution is -0.0498. The van der Waals surface area contributed by atoms with E-state index in [1.807, 2.05) is 12.1 Å². The Kier molecular flexibility index (Phi) is 8.23. The lowest BCUT2D eigenvalue weighted by Crippen LogP contribution is -2.14. The van der Waals surface area contributed by atoms with Gasteiger partial charge in [-0.05, 0) is 79.5 Å². The Morgan fingerprint density at radius 3 is 2.17 bits per heavy atom. The van der Waals surface area contributed by atoms with E-state index in [0.29, 0.717) is 11.5 Å². The number of rotatable bonds is 9. The minimum Gasteiger partial charge on any atom is -0.435 e. The van der Waals surface area contributed by atoms with E-state index in [4.69, 9.17) is 4.74 Å². The Balaban J connectivity index is 1.50. The van der Waals surface area contributed by atoms with Gasteiger partial charge in [-0.25, -0.2) is 4.79 Å². The van der Waals surface area contributed by atoms with Crippen LogP contribution in [-0.4, -0.2) is 12.6 Å². The van der Waals surface area contributed by atoms with Gasteiger partial charge in [-0.3, -0.25) is 0 Å². The first-order chi connectivity index (χ1) is 14.5. The van der Waals surface area contributed by atoms with Crippen LogP contribution in [0.15, 0.2) is 48.5 Å². The molecule has 1 aliphatic carbocycles. The highest BCUT2D eigenvalue weighted by Crippen LogP contribution is 2.37. The first kappa shape index (κ1) is 22.3. The van der Waals surface area contributed by atoms with Gasteiger partial charge in [0.15, 0.2) is 0 Å². The lowest BCUT2D eigenvalue weighted by atomic mass is 9.77. The highest BCUT2D eigenvalue weighted by molar-refractivity contribution is 5.91. The number of ether oxygens (including phenoxy) is 2. The van der Waals surface area contributed by atoms with Crippen LogP contribution in [0.5, 0.6) is 11.5 Å². The molecule has 0 unspecified atom stereocenters. The molecule has 1 saturated carbocycles. The second-order valence-corrected chi connectivity index (χ2v) is 8.07. The molecule has 3 nitrogen and oxygen atoms in total. The Bertz CT molecular complexity index is 779. The molecule has 3 rings (SSSR count). The molecule has 1 fully saturated rings. The molecule has 5 heteroatoms. The van der Waals surface area contributed by atoms with Gasteiger partial charge in [0.25, 0.3) is 0 Å². The first-order valence-corrected chi connectivity index (χ1v) is 10.9. The van der Waals surface area contributed by atoms with Gasteiger partial charge in [-0.2, -0.15) is 8.78 Å². The maximum absolute atomic E-state index is 12.4. The molecule has 162 valence electrons. The quantitative estimate of drug-likeness (QED) is 0.243. The third-order valence-electron chi connectivity index (χ3n) is 5.94. The molecule has 0 saturated heterocycles. The van der Waals surface area contributed by atoms with Crippen molar-refractivity contribution >= 4 is 5.97 Å². The van der Waals surface area contributed by atoms with Gasteiger partial charge in [-0.15, -0.1) is 0 Å². The number of benzene rings is 2. The molecule has 0 amide bonds. The van der Waals surface area contributed by atoms with Gasteiger partial charge in [0.2, 0.25) is 0 Å². The molecule has 2 aromatic rings. The summed E-state index contributed by atoms with van der Waals surface area (Å²) in [4.78, 5) is 12.4. The zero-order valence-electron chi connectivity index (χ0n) is 17.5. The normalized spacial score (nSPS) is 18.9. The molecule has 0 aromatic heterocycles. The maximum atomic E-state index is 12.4. The fraction of sp³-hybridized carbons (Fsp3) is 0.480. The van der Waals surface area contributed by atoms with Crippen molar-refractivity contribution in [1.29, 1.82) is 0 Å². The second kappa shape index (κ2) is 11.1. The van der Waals surface area contributed by atoms with Crippen LogP contribution < -0.4 is 9.47 Å². The van der Waals surface area contributed by atoms with Gasteiger partial charge >= 0.3 is 12.6 Å². The van der Waals surface area contributed by atoms with Crippen LogP contribution in [0.1, 0.15) is 80.1 Å². The zero-order valence-corrected chi connectivity index (χ0v) is 17.5. The van der Waals surface area contributed by atoms with Crippen LogP contribution in [0.2, 0.25) is 0 Å². The van der Waals surface area contributed by atoms with Crippen LogP contribution in [0.4, 0.5) is 8.78 Å². The van der Waals surface area contributed by atoms with Crippen molar-refractivity contribution in [3.05, 3.63) is 59.7 Å². The Hall–Kier alpha value is -2.43. The summed E-state index contributed by atoms with van der Waals surface area (Å²) in [6, 6.07) is 13.2. The number of esters is 1. The highest BCUT2D eigenvalue weighted by Gasteiger charge is 2.22. The van der Waals surface area contributed by atoms with E-state index < -0.39 is 12.6 Å². The molecule has 0 aliphatic heterocycles. The summed E-state index contributed by atoms with van der Waals surface area (Å²) >= 11 is 0. The van der Waals surface area contributed by atoms with E-state index in [1.54, 1.807) is 12.1 Å². The lowest BCUT2D eigenvalue weighted by Gasteiger charge is -2.29. The molecular formula is C25H30F2O3. The predicted molar refractivity (Wildman–Crippen MR) is 113 cm³/mol. The van der Waals surface area contributed by atoms with Gasteiger partial charge in [0.05, 0.1) is 5.56 Å². The van der Waals surface area contributed by atoms with E-state index in [2.05, 4.69) is 11.7 Å². The average Bonchev–Trinajstić information content (AvgIpc) is 2.75. The minimum absolute atomic E-state index is 0.0224. The number of unbranched alkanes of at least 4 members (excludes halogenated alkanes) is 2. The van der Waals surface area contributed by atoms with Crippen molar-refractivity contribution in [3.8, 4) is 11.5 Å². The molecule has 0 radical (unpaired) electrons. The molecule has 1 aliphatic rings. The van der Waals surface area contributed by atoms with E-state index >= 15 is 0 Å². The van der Waals surface area contributed by atoms with Crippen LogP contribution in [0.3, 0.4) is 0 Å². The maximum Gasteiger partial charge on any atom is 0.387 e. The van der Waals surface area contributed by atoms with E-state index in [0.717, 1.165) is 5.92 Å². The topological polar surface area (TPSA) is 35.5 Å². The van der Waals surface area contributed by atoms with Gasteiger partial charge in [0, 0.05) is 0 Å². The van der Waals surface area contributed by atoms with Crippen molar-refractivity contribution < 1.29 is 23.0 Å². The molecule has 0 spiro atoms. The van der Waals surface area contributed by atoms with Gasteiger partial charge in [-0.1, -0.05) is 44.7 Å². The number of hydrogen-bond acceptors (Lipinski definition) is 3. The fourth-order valence-corrected chi connectivity index (χ4v) is 4.21. The van der Waals surface area contributed by atoms with Crippen LogP contribution >= 0.6 is 0 Å². The molecule has 2 aromatic carbocycles. The summed E-state index contributed by atoms with van der Waals surface area (Å²) < 4.78 is 34.0. The van der Waals surface area contributed by atoms with Crippen LogP contribution in [0.25, 0.3) is 0 Å². The summed E-state index contributed by atoms with van der Waals surface area (Å²) in [5, 5.41) is 0. The van der Waals surface area contributed by atoms with E-state index in [-0.39, 0.29) is 11.5 Å². The monoisotopic (exact) mass is 416 g/mol. The van der Waals surface area contributed by atoms with Crippen LogP contribution in [-0.2, 0) is 0 Å². The van der Waals surface area contributed by atoms with E-state index in [9.17, 15) is 13.6 Å². The number of hydrogen-bond donors (Lipinski definition) is 0. The Morgan fingerprint density at radius 2 is 1.57 bits per heavy atom. The summed E-state index contributed by atoms with van der Waals surface area (Å²) in [6.45, 7) is -0.634. The van der Waals surface area contributed by atoms with Crippen LogP contribution in [0, 0.1) is 5.92 Å².